The first-order chi connectivity index (χ1) is 9.52. The fourth-order valence-electron chi connectivity index (χ4n) is 1.81. The molecule has 0 aromatic carbocycles. The van der Waals surface area contributed by atoms with Gasteiger partial charge in [0.05, 0.1) is 11.1 Å². The number of hydrogen-bond donors (Lipinski definition) is 0. The van der Waals surface area contributed by atoms with E-state index in [1.54, 1.807) is 19.3 Å². The van der Waals surface area contributed by atoms with Crippen molar-refractivity contribution in [3.8, 4) is 11.6 Å². The molecular formula is C12H13BrN4O3. The maximum atomic E-state index is 11.2. The zero-order chi connectivity index (χ0) is 14.7. The van der Waals surface area contributed by atoms with Crippen LogP contribution in [0.15, 0.2) is 22.9 Å². The van der Waals surface area contributed by atoms with Gasteiger partial charge in [-0.05, 0) is 28.4 Å². The lowest BCUT2D eigenvalue weighted by Crippen LogP contribution is -1.97. The smallest absolute Gasteiger partial charge is 0.353 e. The molecular weight excluding hydrogens is 328 g/mol. The zero-order valence-corrected chi connectivity index (χ0v) is 12.6. The lowest BCUT2D eigenvalue weighted by molar-refractivity contribution is -0.386. The number of nitrogens with zero attached hydrogens (tertiary/aromatic N) is 4. The van der Waals surface area contributed by atoms with Gasteiger partial charge in [-0.3, -0.25) is 15.1 Å². The summed E-state index contributed by atoms with van der Waals surface area (Å²) in [5.74, 6) is 0.520. The van der Waals surface area contributed by atoms with Crippen molar-refractivity contribution in [3.05, 3.63) is 38.7 Å². The molecule has 2 aromatic heterocycles. The lowest BCUT2D eigenvalue weighted by Gasteiger charge is -2.04. The lowest BCUT2D eigenvalue weighted by atomic mass is 10.2. The predicted molar refractivity (Wildman–Crippen MR) is 75.9 cm³/mol. The minimum absolute atomic E-state index is 0.0886. The molecule has 0 radical (unpaired) electrons. The summed E-state index contributed by atoms with van der Waals surface area (Å²) in [7, 11) is 1.62. The Morgan fingerprint density at radius 2 is 2.25 bits per heavy atom. The number of hydrogen-bond acceptors (Lipinski definition) is 5. The highest BCUT2D eigenvalue weighted by Crippen LogP contribution is 2.34. The Morgan fingerprint density at radius 1 is 1.50 bits per heavy atom. The molecule has 106 valence electrons. The highest BCUT2D eigenvalue weighted by Gasteiger charge is 2.28. The molecule has 0 saturated carbocycles. The molecule has 8 heteroatoms. The van der Waals surface area contributed by atoms with Gasteiger partial charge in [-0.2, -0.15) is 5.10 Å². The number of aromatic nitrogens is 3. The first kappa shape index (κ1) is 14.4. The van der Waals surface area contributed by atoms with E-state index < -0.39 is 4.92 Å². The number of pyridine rings is 1. The second kappa shape index (κ2) is 6.00. The molecule has 0 spiro atoms. The molecule has 2 rings (SSSR count). The molecule has 7 nitrogen and oxygen atoms in total. The molecule has 20 heavy (non-hydrogen) atoms. The van der Waals surface area contributed by atoms with Crippen molar-refractivity contribution in [1.82, 2.24) is 14.8 Å². The Bertz CT molecular complexity index is 642. The van der Waals surface area contributed by atoms with Gasteiger partial charge >= 0.3 is 5.69 Å². The van der Waals surface area contributed by atoms with Crippen LogP contribution in [0.25, 0.3) is 0 Å². The van der Waals surface area contributed by atoms with Gasteiger partial charge in [0.25, 0.3) is 5.88 Å². The van der Waals surface area contributed by atoms with Crippen molar-refractivity contribution in [2.24, 2.45) is 7.05 Å². The van der Waals surface area contributed by atoms with Crippen LogP contribution in [0.2, 0.25) is 0 Å². The third-order valence-corrected chi connectivity index (χ3v) is 3.04. The fourth-order valence-corrected chi connectivity index (χ4v) is 2.16. The van der Waals surface area contributed by atoms with E-state index >= 15 is 0 Å². The Kier molecular flexibility index (Phi) is 4.33. The van der Waals surface area contributed by atoms with Crippen molar-refractivity contribution in [2.45, 2.75) is 19.8 Å². The monoisotopic (exact) mass is 340 g/mol. The van der Waals surface area contributed by atoms with Crippen molar-refractivity contribution in [2.75, 3.05) is 0 Å². The van der Waals surface area contributed by atoms with Crippen LogP contribution in [-0.2, 0) is 13.5 Å². The second-order valence-corrected chi connectivity index (χ2v) is 5.09. The minimum Gasteiger partial charge on any atom is -0.432 e. The first-order valence-electron chi connectivity index (χ1n) is 6.01. The van der Waals surface area contributed by atoms with Crippen LogP contribution < -0.4 is 4.74 Å². The molecule has 0 saturated heterocycles. The van der Waals surface area contributed by atoms with Gasteiger partial charge in [-0.15, -0.1) is 0 Å². The third kappa shape index (κ3) is 2.96. The highest BCUT2D eigenvalue weighted by molar-refractivity contribution is 9.10. The average Bonchev–Trinajstić information content (AvgIpc) is 2.66. The molecule has 2 aromatic rings. The van der Waals surface area contributed by atoms with Gasteiger partial charge in [0.2, 0.25) is 0 Å². The van der Waals surface area contributed by atoms with Crippen LogP contribution in [0.1, 0.15) is 19.0 Å². The summed E-state index contributed by atoms with van der Waals surface area (Å²) in [4.78, 5) is 14.7. The van der Waals surface area contributed by atoms with Gasteiger partial charge in [-0.1, -0.05) is 13.3 Å². The van der Waals surface area contributed by atoms with Crippen molar-refractivity contribution in [3.63, 3.8) is 0 Å². The molecule has 0 N–H and O–H groups in total. The van der Waals surface area contributed by atoms with E-state index in [-0.39, 0.29) is 11.6 Å². The summed E-state index contributed by atoms with van der Waals surface area (Å²) in [5.41, 5.74) is 0.340. The van der Waals surface area contributed by atoms with Crippen molar-refractivity contribution in [1.29, 1.82) is 0 Å². The minimum atomic E-state index is -0.460. The van der Waals surface area contributed by atoms with Crippen LogP contribution >= 0.6 is 15.9 Å². The number of halogens is 1. The molecule has 2 heterocycles. The normalized spacial score (nSPS) is 10.6. The second-order valence-electron chi connectivity index (χ2n) is 4.17. The van der Waals surface area contributed by atoms with Crippen LogP contribution in [0.3, 0.4) is 0 Å². The molecule has 0 aliphatic heterocycles. The van der Waals surface area contributed by atoms with E-state index in [9.17, 15) is 10.1 Å². The van der Waals surface area contributed by atoms with E-state index in [1.165, 1.54) is 10.9 Å². The van der Waals surface area contributed by atoms with Crippen LogP contribution in [0.5, 0.6) is 11.6 Å². The maximum absolute atomic E-state index is 11.2. The molecule has 0 aliphatic carbocycles. The highest BCUT2D eigenvalue weighted by atomic mass is 79.9. The van der Waals surface area contributed by atoms with E-state index in [0.717, 1.165) is 10.9 Å². The Balaban J connectivity index is 2.42. The van der Waals surface area contributed by atoms with Crippen molar-refractivity contribution < 1.29 is 9.66 Å². The summed E-state index contributed by atoms with van der Waals surface area (Å²) in [6.07, 6.45) is 4.40. The SMILES string of the molecule is CCCc1nn(C)c(Oc2cncc(Br)c2)c1[N+](=O)[O-]. The summed E-state index contributed by atoms with van der Waals surface area (Å²) < 4.78 is 7.68. The predicted octanol–water partition coefficient (Wildman–Crippen LogP) is 3.23. The Morgan fingerprint density at radius 3 is 2.85 bits per heavy atom. The quantitative estimate of drug-likeness (QED) is 0.616. The van der Waals surface area contributed by atoms with Crippen LogP contribution in [-0.4, -0.2) is 19.7 Å². The van der Waals surface area contributed by atoms with E-state index in [2.05, 4.69) is 26.0 Å². The summed E-state index contributed by atoms with van der Waals surface area (Å²) in [5, 5.41) is 15.4. The van der Waals surface area contributed by atoms with Gasteiger partial charge in [0.15, 0.2) is 0 Å². The number of rotatable bonds is 5. The molecule has 0 atom stereocenters. The maximum Gasteiger partial charge on any atom is 0.353 e. The summed E-state index contributed by atoms with van der Waals surface area (Å²) in [6.45, 7) is 1.94. The van der Waals surface area contributed by atoms with Crippen molar-refractivity contribution >= 4 is 21.6 Å². The Labute approximate surface area is 123 Å². The molecule has 0 amide bonds. The van der Waals surface area contributed by atoms with E-state index in [1.807, 2.05) is 6.92 Å². The summed E-state index contributed by atoms with van der Waals surface area (Å²) >= 11 is 3.27. The molecule has 0 unspecified atom stereocenters. The van der Waals surface area contributed by atoms with E-state index in [0.29, 0.717) is 17.9 Å². The first-order valence-corrected chi connectivity index (χ1v) is 6.81. The Hall–Kier alpha value is -1.96. The zero-order valence-electron chi connectivity index (χ0n) is 11.0. The number of nitro groups is 1. The summed E-state index contributed by atoms with van der Waals surface area (Å²) in [6, 6.07) is 1.68. The average molecular weight is 341 g/mol. The number of ether oxygens (including phenoxy) is 1. The molecule has 0 aliphatic rings. The van der Waals surface area contributed by atoms with Gasteiger partial charge < -0.3 is 4.74 Å². The number of aryl methyl sites for hydroxylation is 2. The molecule has 0 fully saturated rings. The van der Waals surface area contributed by atoms with Gasteiger partial charge in [0.1, 0.15) is 11.4 Å². The van der Waals surface area contributed by atoms with Gasteiger partial charge in [-0.25, -0.2) is 4.68 Å². The van der Waals surface area contributed by atoms with Crippen LogP contribution in [0.4, 0.5) is 5.69 Å². The molecule has 0 bridgehead atoms. The standard InChI is InChI=1S/C12H13BrN4O3/c1-3-4-10-11(17(18)19)12(16(2)15-10)20-9-5-8(13)6-14-7-9/h5-7H,3-4H2,1-2H3. The largest absolute Gasteiger partial charge is 0.432 e. The fraction of sp³-hybridized carbons (Fsp3) is 0.333. The third-order valence-electron chi connectivity index (χ3n) is 2.60. The van der Waals surface area contributed by atoms with Gasteiger partial charge in [0, 0.05) is 17.7 Å². The van der Waals surface area contributed by atoms with Crippen LogP contribution in [0, 0.1) is 10.1 Å². The topological polar surface area (TPSA) is 83.1 Å². The van der Waals surface area contributed by atoms with E-state index in [4.69, 9.17) is 4.74 Å².